The second-order valence-electron chi connectivity index (χ2n) is 8.28. The molecular formula is C25H22ClFN2O2S. The summed E-state index contributed by atoms with van der Waals surface area (Å²) in [5, 5.41) is 3.81. The van der Waals surface area contributed by atoms with Crippen molar-refractivity contribution >= 4 is 33.0 Å². The van der Waals surface area contributed by atoms with Crippen molar-refractivity contribution in [3.8, 4) is 0 Å². The van der Waals surface area contributed by atoms with Crippen LogP contribution in [-0.2, 0) is 10.0 Å². The third kappa shape index (κ3) is 3.57. The molecule has 1 aliphatic carbocycles. The van der Waals surface area contributed by atoms with Crippen molar-refractivity contribution in [2.75, 3.05) is 10.0 Å². The number of rotatable bonds is 4. The normalized spacial score (nSPS) is 21.5. The molecule has 3 aromatic rings. The van der Waals surface area contributed by atoms with Gasteiger partial charge in [-0.05, 0) is 66.8 Å². The summed E-state index contributed by atoms with van der Waals surface area (Å²) in [5.41, 5.74) is 3.53. The highest BCUT2D eigenvalue weighted by atomic mass is 35.5. The molecule has 0 radical (unpaired) electrons. The highest BCUT2D eigenvalue weighted by molar-refractivity contribution is 7.92. The van der Waals surface area contributed by atoms with Gasteiger partial charge in [0.2, 0.25) is 0 Å². The summed E-state index contributed by atoms with van der Waals surface area (Å²) < 4.78 is 43.6. The number of fused-ring (bicyclic) bond motifs is 3. The lowest BCUT2D eigenvalue weighted by Crippen LogP contribution is -2.30. The van der Waals surface area contributed by atoms with Gasteiger partial charge in [0.25, 0.3) is 10.0 Å². The number of benzene rings is 3. The smallest absolute Gasteiger partial charge is 0.261 e. The topological polar surface area (TPSA) is 58.2 Å². The first-order valence-electron chi connectivity index (χ1n) is 10.4. The molecule has 0 amide bonds. The molecule has 3 atom stereocenters. The average Bonchev–Trinajstić information content (AvgIpc) is 3.25. The zero-order chi connectivity index (χ0) is 22.5. The number of halogens is 2. The highest BCUT2D eigenvalue weighted by Gasteiger charge is 2.40. The van der Waals surface area contributed by atoms with Crippen molar-refractivity contribution in [2.24, 2.45) is 5.92 Å². The largest absolute Gasteiger partial charge is 0.378 e. The maximum absolute atomic E-state index is 14.7. The number of hydrogen-bond donors (Lipinski definition) is 2. The third-order valence-electron chi connectivity index (χ3n) is 6.34. The van der Waals surface area contributed by atoms with E-state index in [4.69, 9.17) is 11.6 Å². The van der Waals surface area contributed by atoms with E-state index in [1.807, 2.05) is 19.1 Å². The number of hydrogen-bond acceptors (Lipinski definition) is 3. The summed E-state index contributed by atoms with van der Waals surface area (Å²) in [7, 11) is -3.76. The van der Waals surface area contributed by atoms with Crippen LogP contribution in [-0.4, -0.2) is 8.42 Å². The summed E-state index contributed by atoms with van der Waals surface area (Å²) in [5.74, 6) is -0.328. The Hall–Kier alpha value is -2.83. The Morgan fingerprint density at radius 3 is 2.69 bits per heavy atom. The zero-order valence-corrected chi connectivity index (χ0v) is 18.9. The lowest BCUT2D eigenvalue weighted by Gasteiger charge is -2.38. The summed E-state index contributed by atoms with van der Waals surface area (Å²) in [6.07, 6.45) is 4.91. The van der Waals surface area contributed by atoms with Crippen LogP contribution in [0.25, 0.3) is 0 Å². The van der Waals surface area contributed by atoms with Gasteiger partial charge in [0.1, 0.15) is 5.82 Å². The molecule has 0 spiro atoms. The number of anilines is 2. The number of allylic oxidation sites excluding steroid dienone is 2. The van der Waals surface area contributed by atoms with Gasteiger partial charge in [-0.25, -0.2) is 12.8 Å². The fraction of sp³-hybridized carbons (Fsp3) is 0.200. The minimum atomic E-state index is -3.76. The predicted molar refractivity (Wildman–Crippen MR) is 126 cm³/mol. The predicted octanol–water partition coefficient (Wildman–Crippen LogP) is 6.41. The first-order valence-corrected chi connectivity index (χ1v) is 12.3. The van der Waals surface area contributed by atoms with Crippen LogP contribution in [0.5, 0.6) is 0 Å². The van der Waals surface area contributed by atoms with E-state index in [-0.39, 0.29) is 28.6 Å². The Morgan fingerprint density at radius 1 is 1.09 bits per heavy atom. The van der Waals surface area contributed by atoms with Gasteiger partial charge in [0.05, 0.1) is 16.6 Å². The monoisotopic (exact) mass is 468 g/mol. The molecule has 32 heavy (non-hydrogen) atoms. The quantitative estimate of drug-likeness (QED) is 0.434. The number of sulfonamides is 1. The van der Waals surface area contributed by atoms with Crippen molar-refractivity contribution in [3.63, 3.8) is 0 Å². The van der Waals surface area contributed by atoms with Crippen LogP contribution < -0.4 is 10.0 Å². The minimum absolute atomic E-state index is 0.0273. The molecule has 7 heteroatoms. The van der Waals surface area contributed by atoms with Gasteiger partial charge in [0, 0.05) is 22.2 Å². The number of aryl methyl sites for hydroxylation is 1. The molecule has 3 aromatic carbocycles. The molecule has 1 heterocycles. The van der Waals surface area contributed by atoms with E-state index < -0.39 is 10.0 Å². The molecule has 0 saturated carbocycles. The molecule has 2 N–H and O–H groups in total. The molecule has 0 fully saturated rings. The van der Waals surface area contributed by atoms with Crippen LogP contribution >= 0.6 is 11.6 Å². The summed E-state index contributed by atoms with van der Waals surface area (Å²) in [6.45, 7) is 1.86. The second kappa shape index (κ2) is 7.94. The van der Waals surface area contributed by atoms with E-state index in [0.29, 0.717) is 16.3 Å². The van der Waals surface area contributed by atoms with E-state index in [9.17, 15) is 12.8 Å². The van der Waals surface area contributed by atoms with E-state index in [1.165, 1.54) is 6.07 Å². The van der Waals surface area contributed by atoms with Crippen molar-refractivity contribution < 1.29 is 12.8 Å². The van der Waals surface area contributed by atoms with E-state index >= 15 is 0 Å². The van der Waals surface area contributed by atoms with Gasteiger partial charge in [-0.2, -0.15) is 0 Å². The molecule has 0 saturated heterocycles. The zero-order valence-electron chi connectivity index (χ0n) is 17.3. The van der Waals surface area contributed by atoms with Gasteiger partial charge in [-0.3, -0.25) is 4.72 Å². The van der Waals surface area contributed by atoms with Gasteiger partial charge in [0.15, 0.2) is 0 Å². The molecule has 1 aliphatic heterocycles. The maximum atomic E-state index is 14.7. The van der Waals surface area contributed by atoms with Crippen LogP contribution in [0.3, 0.4) is 0 Å². The van der Waals surface area contributed by atoms with Crippen molar-refractivity contribution in [1.82, 2.24) is 0 Å². The van der Waals surface area contributed by atoms with Gasteiger partial charge < -0.3 is 5.32 Å². The van der Waals surface area contributed by atoms with Crippen LogP contribution in [0.15, 0.2) is 77.7 Å². The van der Waals surface area contributed by atoms with Crippen molar-refractivity contribution in [2.45, 2.75) is 30.2 Å². The van der Waals surface area contributed by atoms with E-state index in [1.54, 1.807) is 42.5 Å². The lowest BCUT2D eigenvalue weighted by molar-refractivity contribution is 0.413. The SMILES string of the molecule is Cc1ccccc1NS(=O)(=O)c1ccc2c(c1)[C@H]1C=CC[C@H]1[C@@H](c1c(F)cccc1Cl)N2. The van der Waals surface area contributed by atoms with Crippen LogP contribution in [0.4, 0.5) is 15.8 Å². The maximum Gasteiger partial charge on any atom is 0.261 e. The summed E-state index contributed by atoms with van der Waals surface area (Å²) in [4.78, 5) is 0.197. The van der Waals surface area contributed by atoms with Gasteiger partial charge in [-0.15, -0.1) is 0 Å². The Kier molecular flexibility index (Phi) is 5.22. The minimum Gasteiger partial charge on any atom is -0.378 e. The Balaban J connectivity index is 1.53. The van der Waals surface area contributed by atoms with Crippen LogP contribution in [0.2, 0.25) is 5.02 Å². The van der Waals surface area contributed by atoms with Crippen molar-refractivity contribution in [1.29, 1.82) is 0 Å². The Labute approximate surface area is 192 Å². The Morgan fingerprint density at radius 2 is 1.91 bits per heavy atom. The lowest BCUT2D eigenvalue weighted by atomic mass is 9.77. The molecule has 2 aliphatic rings. The molecule has 0 aromatic heterocycles. The highest BCUT2D eigenvalue weighted by Crippen LogP contribution is 2.51. The van der Waals surface area contributed by atoms with E-state index in [0.717, 1.165) is 23.2 Å². The third-order valence-corrected chi connectivity index (χ3v) is 8.04. The first kappa shape index (κ1) is 21.0. The summed E-state index contributed by atoms with van der Waals surface area (Å²) in [6, 6.07) is 16.7. The van der Waals surface area contributed by atoms with Gasteiger partial charge >= 0.3 is 0 Å². The molecule has 0 bridgehead atoms. The van der Waals surface area contributed by atoms with Crippen molar-refractivity contribution in [3.05, 3.63) is 100 Å². The molecule has 164 valence electrons. The molecule has 4 nitrogen and oxygen atoms in total. The standard InChI is InChI=1S/C25H22ClFN2O2S/c1-15-6-2-3-11-22(15)29-32(30,31)16-12-13-23-19(14-16)17-7-4-8-18(17)25(28-23)24-20(26)9-5-10-21(24)27/h2-7,9-14,17-18,25,28-29H,8H2,1H3/t17-,18+,25-/m0/s1. The summed E-state index contributed by atoms with van der Waals surface area (Å²) >= 11 is 6.37. The second-order valence-corrected chi connectivity index (χ2v) is 10.4. The fourth-order valence-corrected chi connectivity index (χ4v) is 6.17. The van der Waals surface area contributed by atoms with Crippen LogP contribution in [0.1, 0.15) is 35.1 Å². The van der Waals surface area contributed by atoms with Gasteiger partial charge in [-0.1, -0.05) is 48.0 Å². The van der Waals surface area contributed by atoms with E-state index in [2.05, 4.69) is 22.2 Å². The fourth-order valence-electron chi connectivity index (χ4n) is 4.72. The molecular weight excluding hydrogens is 447 g/mol. The average molecular weight is 469 g/mol. The number of para-hydroxylation sites is 1. The van der Waals surface area contributed by atoms with Crippen LogP contribution in [0, 0.1) is 18.7 Å². The molecule has 0 unspecified atom stereocenters. The Bertz CT molecular complexity index is 1320. The number of nitrogens with one attached hydrogen (secondary N) is 2. The first-order chi connectivity index (χ1) is 15.3. The molecule has 5 rings (SSSR count).